The highest BCUT2D eigenvalue weighted by Gasteiger charge is 2.80. The van der Waals surface area contributed by atoms with Gasteiger partial charge < -0.3 is 29.1 Å². The van der Waals surface area contributed by atoms with Crippen molar-refractivity contribution in [3.63, 3.8) is 0 Å². The van der Waals surface area contributed by atoms with Crippen LogP contribution in [0.25, 0.3) is 0 Å². The van der Waals surface area contributed by atoms with Crippen molar-refractivity contribution in [3.8, 4) is 0 Å². The smallest absolute Gasteiger partial charge is 0.312 e. The maximum Gasteiger partial charge on any atom is 0.312 e. The summed E-state index contributed by atoms with van der Waals surface area (Å²) in [6.45, 7) is 19.8. The Balaban J connectivity index is 1.73. The second-order valence-electron chi connectivity index (χ2n) is 12.7. The van der Waals surface area contributed by atoms with Crippen LogP contribution in [-0.4, -0.2) is 120 Å². The average Bonchev–Trinajstić information content (AvgIpc) is 3.46. The van der Waals surface area contributed by atoms with Crippen LogP contribution in [-0.2, 0) is 28.6 Å². The average molecular weight is 576 g/mol. The Hall–Kier alpha value is -2.27. The zero-order valence-electron chi connectivity index (χ0n) is 25.3. The third-order valence-electron chi connectivity index (χ3n) is 9.61. The fourth-order valence-electron chi connectivity index (χ4n) is 7.57. The third-order valence-corrected chi connectivity index (χ3v) is 9.61. The lowest BCUT2D eigenvalue weighted by molar-refractivity contribution is -0.164. The lowest BCUT2D eigenvalue weighted by Gasteiger charge is -2.40. The molecule has 1 spiro atoms. The largest absolute Gasteiger partial charge is 0.465 e. The van der Waals surface area contributed by atoms with Crippen molar-refractivity contribution in [3.05, 3.63) is 25.3 Å². The van der Waals surface area contributed by atoms with Crippen LogP contribution in [0.5, 0.6) is 0 Å². The van der Waals surface area contributed by atoms with Crippen LogP contribution in [0.4, 0.5) is 0 Å². The van der Waals surface area contributed by atoms with Gasteiger partial charge >= 0.3 is 5.97 Å². The molecular weight excluding hydrogens is 526 g/mol. The molecule has 0 aromatic rings. The first-order chi connectivity index (χ1) is 19.5. The van der Waals surface area contributed by atoms with Gasteiger partial charge in [-0.15, -0.1) is 13.2 Å². The zero-order chi connectivity index (χ0) is 29.9. The summed E-state index contributed by atoms with van der Waals surface area (Å²) in [7, 11) is 0. The number of carbonyl (C=O) groups excluding carboxylic acids is 3. The molecule has 2 bridgehead atoms. The van der Waals surface area contributed by atoms with Crippen molar-refractivity contribution in [2.45, 2.75) is 70.2 Å². The molecule has 4 heterocycles. The number of rotatable bonds is 14. The molecule has 0 radical (unpaired) electrons. The summed E-state index contributed by atoms with van der Waals surface area (Å²) < 4.78 is 17.9. The van der Waals surface area contributed by atoms with Gasteiger partial charge in [-0.1, -0.05) is 32.9 Å². The number of amides is 2. The van der Waals surface area contributed by atoms with E-state index in [1.807, 2.05) is 27.7 Å². The number of morpholine rings is 1. The van der Waals surface area contributed by atoms with E-state index < -0.39 is 41.1 Å². The van der Waals surface area contributed by atoms with Gasteiger partial charge in [0.2, 0.25) is 11.8 Å². The number of nitrogens with zero attached hydrogens (tertiary/aromatic N) is 3. The molecule has 230 valence electrons. The van der Waals surface area contributed by atoms with Gasteiger partial charge in [0.25, 0.3) is 0 Å². The molecule has 0 aromatic heterocycles. The molecule has 4 aliphatic rings. The lowest BCUT2D eigenvalue weighted by atomic mass is 9.62. The highest BCUT2D eigenvalue weighted by atomic mass is 16.6. The second kappa shape index (κ2) is 12.9. The fraction of sp³-hybridized carbons (Fsp3) is 0.774. The molecule has 10 heteroatoms. The van der Waals surface area contributed by atoms with Crippen LogP contribution in [0.2, 0.25) is 0 Å². The van der Waals surface area contributed by atoms with Gasteiger partial charge in [-0.25, -0.2) is 0 Å². The number of ether oxygens (including phenoxy) is 3. The minimum atomic E-state index is -1.19. The van der Waals surface area contributed by atoms with Crippen molar-refractivity contribution in [2.75, 3.05) is 59.2 Å². The van der Waals surface area contributed by atoms with Gasteiger partial charge in [-0.05, 0) is 38.0 Å². The summed E-state index contributed by atoms with van der Waals surface area (Å²) >= 11 is 0. The molecule has 0 aliphatic carbocycles. The summed E-state index contributed by atoms with van der Waals surface area (Å²) in [4.78, 5) is 48.2. The Morgan fingerprint density at radius 2 is 1.95 bits per heavy atom. The van der Waals surface area contributed by atoms with Crippen LogP contribution in [0, 0.1) is 23.7 Å². The molecule has 41 heavy (non-hydrogen) atoms. The van der Waals surface area contributed by atoms with Crippen LogP contribution in [0.1, 0.15) is 47.0 Å². The number of likely N-dealkylation sites (tertiary alicyclic amines) is 1. The van der Waals surface area contributed by atoms with Crippen LogP contribution >= 0.6 is 0 Å². The topological polar surface area (TPSA) is 109 Å². The van der Waals surface area contributed by atoms with Gasteiger partial charge in [0.1, 0.15) is 17.6 Å². The molecule has 1 N–H and O–H groups in total. The summed E-state index contributed by atoms with van der Waals surface area (Å²) in [5.41, 5.74) is -2.13. The summed E-state index contributed by atoms with van der Waals surface area (Å²) in [6, 6.07) is -1.54. The van der Waals surface area contributed by atoms with Gasteiger partial charge in [0.05, 0.1) is 44.0 Å². The summed E-state index contributed by atoms with van der Waals surface area (Å²) in [6.07, 6.45) is 4.86. The van der Waals surface area contributed by atoms with E-state index in [0.29, 0.717) is 52.1 Å². The number of aliphatic hydroxyl groups is 1. The first-order valence-electron chi connectivity index (χ1n) is 15.2. The molecule has 4 saturated heterocycles. The number of hydrogen-bond acceptors (Lipinski definition) is 8. The molecule has 4 aliphatic heterocycles. The van der Waals surface area contributed by atoms with Crippen molar-refractivity contribution in [2.24, 2.45) is 23.7 Å². The Kier molecular flexibility index (Phi) is 9.99. The van der Waals surface area contributed by atoms with Crippen LogP contribution in [0.3, 0.4) is 0 Å². The minimum Gasteiger partial charge on any atom is -0.465 e. The van der Waals surface area contributed by atoms with Crippen molar-refractivity contribution in [1.82, 2.24) is 14.7 Å². The van der Waals surface area contributed by atoms with E-state index >= 15 is 0 Å². The first-order valence-corrected chi connectivity index (χ1v) is 15.2. The Labute approximate surface area is 244 Å². The first kappa shape index (κ1) is 31.7. The summed E-state index contributed by atoms with van der Waals surface area (Å²) in [5, 5.41) is 10.5. The second-order valence-corrected chi connectivity index (χ2v) is 12.7. The van der Waals surface area contributed by atoms with Gasteiger partial charge in [-0.3, -0.25) is 19.3 Å². The van der Waals surface area contributed by atoms with Crippen LogP contribution < -0.4 is 0 Å². The number of esters is 1. The van der Waals surface area contributed by atoms with Crippen molar-refractivity contribution < 1.29 is 33.7 Å². The Morgan fingerprint density at radius 3 is 2.56 bits per heavy atom. The lowest BCUT2D eigenvalue weighted by Crippen LogP contribution is -2.59. The molecule has 10 nitrogen and oxygen atoms in total. The Bertz CT molecular complexity index is 998. The number of fused-ring (bicyclic) bond motifs is 1. The Morgan fingerprint density at radius 1 is 1.24 bits per heavy atom. The van der Waals surface area contributed by atoms with E-state index in [1.54, 1.807) is 22.0 Å². The molecule has 0 saturated carbocycles. The monoisotopic (exact) mass is 575 g/mol. The third kappa shape index (κ3) is 5.72. The molecular formula is C31H49N3O7. The number of aliphatic hydroxyl groups excluding tert-OH is 1. The maximum atomic E-state index is 14.6. The molecule has 4 fully saturated rings. The fourth-order valence-corrected chi connectivity index (χ4v) is 7.57. The molecule has 3 unspecified atom stereocenters. The highest BCUT2D eigenvalue weighted by Crippen LogP contribution is 2.65. The van der Waals surface area contributed by atoms with E-state index in [0.717, 1.165) is 13.1 Å². The van der Waals surface area contributed by atoms with Crippen molar-refractivity contribution in [1.29, 1.82) is 0 Å². The highest BCUT2D eigenvalue weighted by molar-refractivity contribution is 5.98. The standard InChI is InChI=1S/C31H49N3O7/c1-7-9-15-40-29(38)25-24-27(36)34(23(20-35)18-21(3)4)26(31(24)19-22(5)30(25,6)41-31)28(37)33(10-8-2)12-11-32-13-16-39-17-14-32/h7-8,21-26,35H,1-2,9-20H2,3-6H3/t22?,23-,24+,25-,26?,30+,31?/m1/s1. The molecule has 4 rings (SSSR count). The number of hydrogen-bond donors (Lipinski definition) is 1. The predicted octanol–water partition coefficient (Wildman–Crippen LogP) is 1.87. The van der Waals surface area contributed by atoms with E-state index in [4.69, 9.17) is 14.2 Å². The maximum absolute atomic E-state index is 14.6. The van der Waals surface area contributed by atoms with Crippen LogP contribution in [0.15, 0.2) is 25.3 Å². The minimum absolute atomic E-state index is 0.0855. The van der Waals surface area contributed by atoms with Gasteiger partial charge in [-0.2, -0.15) is 0 Å². The number of carbonyl (C=O) groups is 3. The predicted molar refractivity (Wildman–Crippen MR) is 154 cm³/mol. The van der Waals surface area contributed by atoms with E-state index in [2.05, 4.69) is 18.1 Å². The molecule has 7 atom stereocenters. The quantitative estimate of drug-likeness (QED) is 0.190. The summed E-state index contributed by atoms with van der Waals surface area (Å²) in [5.74, 6) is -2.63. The van der Waals surface area contributed by atoms with Crippen molar-refractivity contribution >= 4 is 17.8 Å². The molecule has 2 amide bonds. The van der Waals surface area contributed by atoms with E-state index in [9.17, 15) is 19.5 Å². The van der Waals surface area contributed by atoms with Gasteiger partial charge in [0.15, 0.2) is 0 Å². The molecule has 0 aromatic carbocycles. The normalized spacial score (nSPS) is 33.6. The van der Waals surface area contributed by atoms with Gasteiger partial charge in [0, 0.05) is 32.7 Å². The zero-order valence-corrected chi connectivity index (χ0v) is 25.3. The van der Waals surface area contributed by atoms with E-state index in [-0.39, 0.29) is 36.9 Å². The SMILES string of the molecule is C=CCCOC(=O)[C@H]1[C@H]2C(=O)N([C@@H](CO)CC(C)C)C(C(=O)N(CC=C)CCN3CCOCC3)C23CC(C)[C@]1(C)O3. The van der Waals surface area contributed by atoms with E-state index in [1.165, 1.54) is 0 Å².